The Morgan fingerprint density at radius 2 is 1.37 bits per heavy atom. The van der Waals surface area contributed by atoms with Crippen LogP contribution >= 0.6 is 46.4 Å². The van der Waals surface area contributed by atoms with Crippen LogP contribution in [0.25, 0.3) is 11.4 Å². The molecule has 0 atom stereocenters. The van der Waals surface area contributed by atoms with E-state index in [1.807, 2.05) is 34.6 Å². The van der Waals surface area contributed by atoms with E-state index in [4.69, 9.17) is 56.2 Å². The van der Waals surface area contributed by atoms with E-state index >= 15 is 0 Å². The Kier molecular flexibility index (Phi) is 10.5. The fourth-order valence-electron chi connectivity index (χ4n) is 3.81. The Morgan fingerprint density at radius 3 is 1.80 bits per heavy atom. The highest BCUT2D eigenvalue weighted by atomic mass is 35.5. The number of carbonyl (C=O) groups excluding carboxylic acids is 1. The number of carboxylic acid groups (broad SMARTS) is 1. The largest absolute Gasteiger partial charge is 0.476 e. The number of hydrogen-bond donors (Lipinski definition) is 1. The zero-order valence-electron chi connectivity index (χ0n) is 23.4. The molecule has 0 unspecified atom stereocenters. The van der Waals surface area contributed by atoms with E-state index in [1.165, 1.54) is 0 Å². The highest BCUT2D eigenvalue weighted by molar-refractivity contribution is 6.36. The first-order valence-electron chi connectivity index (χ1n) is 12.7. The lowest BCUT2D eigenvalue weighted by molar-refractivity contribution is 0.0518. The average Bonchev–Trinajstić information content (AvgIpc) is 3.50. The molecule has 0 aliphatic rings. The highest BCUT2D eigenvalue weighted by Crippen LogP contribution is 2.31. The molecule has 2 aromatic heterocycles. The third-order valence-corrected chi connectivity index (χ3v) is 6.86. The van der Waals surface area contributed by atoms with Crippen molar-refractivity contribution in [3.05, 3.63) is 91.4 Å². The van der Waals surface area contributed by atoms with Gasteiger partial charge in [0.1, 0.15) is 0 Å². The molecule has 12 heteroatoms. The second kappa shape index (κ2) is 13.3. The molecule has 2 aromatic carbocycles. The summed E-state index contributed by atoms with van der Waals surface area (Å²) in [6.45, 7) is 12.1. The van der Waals surface area contributed by atoms with Crippen molar-refractivity contribution < 1.29 is 19.4 Å². The van der Waals surface area contributed by atoms with E-state index in [-0.39, 0.29) is 22.7 Å². The van der Waals surface area contributed by atoms with Crippen molar-refractivity contribution in [1.82, 2.24) is 19.6 Å². The Labute approximate surface area is 258 Å². The maximum absolute atomic E-state index is 11.9. The zero-order chi connectivity index (χ0) is 30.6. The van der Waals surface area contributed by atoms with Gasteiger partial charge in [-0.3, -0.25) is 0 Å². The SMILES string of the molecule is CC(C)(C)c1cc(C(=O)O)nn1-c1ccc(Cl)cc1Cl.CCOC(=O)c1cc(C(C)C)n(-c2ccc(Cl)cc2Cl)n1. The van der Waals surface area contributed by atoms with Crippen molar-refractivity contribution in [3.8, 4) is 11.4 Å². The zero-order valence-corrected chi connectivity index (χ0v) is 26.4. The molecule has 0 aliphatic heterocycles. The first-order valence-corrected chi connectivity index (χ1v) is 14.2. The topological polar surface area (TPSA) is 99.2 Å². The van der Waals surface area contributed by atoms with Gasteiger partial charge in [-0.1, -0.05) is 81.0 Å². The van der Waals surface area contributed by atoms with Gasteiger partial charge >= 0.3 is 11.9 Å². The number of aromatic carboxylic acids is 1. The molecular weight excluding hydrogens is 610 g/mol. The lowest BCUT2D eigenvalue weighted by Gasteiger charge is -2.20. The Bertz CT molecular complexity index is 1570. The van der Waals surface area contributed by atoms with Crippen LogP contribution in [0.1, 0.15) is 79.8 Å². The van der Waals surface area contributed by atoms with E-state index in [2.05, 4.69) is 10.2 Å². The molecule has 2 heterocycles. The van der Waals surface area contributed by atoms with Gasteiger partial charge in [-0.25, -0.2) is 19.0 Å². The minimum absolute atomic E-state index is 0.0130. The van der Waals surface area contributed by atoms with Crippen LogP contribution in [-0.2, 0) is 10.2 Å². The molecule has 0 radical (unpaired) electrons. The second-order valence-corrected chi connectivity index (χ2v) is 12.0. The molecule has 0 bridgehead atoms. The maximum atomic E-state index is 11.9. The molecule has 0 spiro atoms. The number of ether oxygens (including phenoxy) is 1. The summed E-state index contributed by atoms with van der Waals surface area (Å²) in [5.41, 5.74) is 2.91. The molecule has 218 valence electrons. The summed E-state index contributed by atoms with van der Waals surface area (Å²) in [6, 6.07) is 13.5. The summed E-state index contributed by atoms with van der Waals surface area (Å²) in [5, 5.41) is 19.5. The van der Waals surface area contributed by atoms with E-state index in [0.29, 0.717) is 38.1 Å². The number of carbonyl (C=O) groups is 2. The van der Waals surface area contributed by atoms with Gasteiger partial charge in [-0.05, 0) is 61.4 Å². The van der Waals surface area contributed by atoms with Gasteiger partial charge in [0, 0.05) is 21.2 Å². The van der Waals surface area contributed by atoms with Gasteiger partial charge in [0.2, 0.25) is 0 Å². The van der Waals surface area contributed by atoms with E-state index in [1.54, 1.807) is 64.8 Å². The van der Waals surface area contributed by atoms with Gasteiger partial charge < -0.3 is 9.84 Å². The first kappa shape index (κ1) is 32.5. The molecule has 0 saturated heterocycles. The normalized spacial score (nSPS) is 11.3. The van der Waals surface area contributed by atoms with Crippen LogP contribution in [0.2, 0.25) is 20.1 Å². The summed E-state index contributed by atoms with van der Waals surface area (Å²) >= 11 is 24.2. The molecule has 41 heavy (non-hydrogen) atoms. The summed E-state index contributed by atoms with van der Waals surface area (Å²) in [5.74, 6) is -1.34. The summed E-state index contributed by atoms with van der Waals surface area (Å²) < 4.78 is 8.21. The van der Waals surface area contributed by atoms with Crippen LogP contribution in [0.15, 0.2) is 48.5 Å². The van der Waals surface area contributed by atoms with Crippen molar-refractivity contribution >= 4 is 58.3 Å². The molecule has 1 N–H and O–H groups in total. The predicted octanol–water partition coefficient (Wildman–Crippen LogP) is 8.65. The Hall–Kier alpha value is -3.04. The quantitative estimate of drug-likeness (QED) is 0.212. The number of esters is 1. The van der Waals surface area contributed by atoms with Gasteiger partial charge in [0.15, 0.2) is 11.4 Å². The van der Waals surface area contributed by atoms with E-state index in [0.717, 1.165) is 11.4 Å². The van der Waals surface area contributed by atoms with Gasteiger partial charge in [0.05, 0.1) is 33.7 Å². The lowest BCUT2D eigenvalue weighted by atomic mass is 9.91. The highest BCUT2D eigenvalue weighted by Gasteiger charge is 2.25. The van der Waals surface area contributed by atoms with Crippen LogP contribution in [0.4, 0.5) is 0 Å². The van der Waals surface area contributed by atoms with Crippen LogP contribution in [0, 0.1) is 0 Å². The van der Waals surface area contributed by atoms with Gasteiger partial charge in [-0.15, -0.1) is 0 Å². The van der Waals surface area contributed by atoms with Gasteiger partial charge in [-0.2, -0.15) is 10.2 Å². The van der Waals surface area contributed by atoms with E-state index < -0.39 is 11.9 Å². The van der Waals surface area contributed by atoms with Crippen molar-refractivity contribution in [1.29, 1.82) is 0 Å². The summed E-state index contributed by atoms with van der Waals surface area (Å²) in [4.78, 5) is 23.0. The summed E-state index contributed by atoms with van der Waals surface area (Å²) in [7, 11) is 0. The van der Waals surface area contributed by atoms with E-state index in [9.17, 15) is 9.59 Å². The summed E-state index contributed by atoms with van der Waals surface area (Å²) in [6.07, 6.45) is 0. The third-order valence-electron chi connectivity index (χ3n) is 5.79. The minimum Gasteiger partial charge on any atom is -0.476 e. The number of hydrogen-bond acceptors (Lipinski definition) is 5. The van der Waals surface area contributed by atoms with Gasteiger partial charge in [0.25, 0.3) is 0 Å². The lowest BCUT2D eigenvalue weighted by Crippen LogP contribution is -2.17. The molecule has 0 amide bonds. The number of nitrogens with zero attached hydrogens (tertiary/aromatic N) is 4. The second-order valence-electron chi connectivity index (χ2n) is 10.3. The molecular formula is C29H30Cl4N4O4. The van der Waals surface area contributed by atoms with Crippen LogP contribution in [0.5, 0.6) is 0 Å². The number of benzene rings is 2. The van der Waals surface area contributed by atoms with Crippen LogP contribution < -0.4 is 0 Å². The Morgan fingerprint density at radius 1 is 0.854 bits per heavy atom. The molecule has 0 aliphatic carbocycles. The number of aromatic nitrogens is 4. The molecule has 0 fully saturated rings. The van der Waals surface area contributed by atoms with Crippen molar-refractivity contribution in [3.63, 3.8) is 0 Å². The predicted molar refractivity (Wildman–Crippen MR) is 163 cm³/mol. The molecule has 0 saturated carbocycles. The number of halogens is 4. The molecule has 4 rings (SSSR count). The van der Waals surface area contributed by atoms with Crippen molar-refractivity contribution in [2.75, 3.05) is 6.61 Å². The van der Waals surface area contributed by atoms with Crippen molar-refractivity contribution in [2.45, 2.75) is 52.9 Å². The van der Waals surface area contributed by atoms with Crippen molar-refractivity contribution in [2.24, 2.45) is 0 Å². The van der Waals surface area contributed by atoms with Crippen LogP contribution in [0.3, 0.4) is 0 Å². The number of rotatable bonds is 6. The fraction of sp³-hybridized carbons (Fsp3) is 0.310. The first-order chi connectivity index (χ1) is 19.1. The molecule has 8 nitrogen and oxygen atoms in total. The molecule has 4 aromatic rings. The smallest absolute Gasteiger partial charge is 0.358 e. The monoisotopic (exact) mass is 638 g/mol. The fourth-order valence-corrected chi connectivity index (χ4v) is 4.79. The maximum Gasteiger partial charge on any atom is 0.358 e. The average molecular weight is 640 g/mol. The third kappa shape index (κ3) is 7.83. The van der Waals surface area contributed by atoms with Crippen LogP contribution in [-0.4, -0.2) is 43.2 Å². The number of carboxylic acids is 1. The Balaban J connectivity index is 0.000000226. The minimum atomic E-state index is -1.07. The standard InChI is InChI=1S/C15H16Cl2N2O2.C14H14Cl2N2O2/c1-4-21-15(20)12-8-14(9(2)3)19(18-12)13-6-5-10(16)7-11(13)17;1-14(2,3)12-7-10(13(19)20)17-18(12)11-5-4-8(15)6-9(11)16/h5-9H,4H2,1-3H3;4-7H,1-3H3,(H,19,20).